The number of aliphatic hydroxyl groups excluding tert-OH is 1. The van der Waals surface area contributed by atoms with Gasteiger partial charge in [0.15, 0.2) is 0 Å². The number of nitrogens with one attached hydrogen (secondary N) is 2. The minimum atomic E-state index is -0.531. The van der Waals surface area contributed by atoms with Crippen LogP contribution >= 0.6 is 11.3 Å². The lowest BCUT2D eigenvalue weighted by molar-refractivity contribution is 0.192. The zero-order valence-electron chi connectivity index (χ0n) is 12.6. The minimum absolute atomic E-state index is 0.256. The molecule has 5 nitrogen and oxygen atoms in total. The van der Waals surface area contributed by atoms with Gasteiger partial charge in [-0.15, -0.1) is 0 Å². The lowest BCUT2D eigenvalue weighted by Gasteiger charge is -2.14. The molecule has 6 heteroatoms. The van der Waals surface area contributed by atoms with Crippen molar-refractivity contribution in [1.29, 1.82) is 0 Å². The number of hydrogen-bond acceptors (Lipinski definition) is 6. The topological polar surface area (TPSA) is 70.1 Å². The number of aromatic nitrogens is 2. The van der Waals surface area contributed by atoms with Gasteiger partial charge in [-0.2, -0.15) is 11.3 Å². The molecule has 0 fully saturated rings. The molecule has 0 aliphatic carbocycles. The molecule has 0 spiro atoms. The third kappa shape index (κ3) is 4.41. The Balaban J connectivity index is 2.07. The number of nitrogens with zero attached hydrogens (tertiary/aromatic N) is 2. The molecule has 0 aliphatic heterocycles. The molecule has 0 saturated carbocycles. The van der Waals surface area contributed by atoms with Crippen LogP contribution in [-0.2, 0) is 0 Å². The van der Waals surface area contributed by atoms with E-state index >= 15 is 0 Å². The van der Waals surface area contributed by atoms with E-state index in [0.717, 1.165) is 29.6 Å². The molecule has 0 aliphatic rings. The third-order valence-corrected chi connectivity index (χ3v) is 3.72. The molecule has 0 amide bonds. The predicted molar refractivity (Wildman–Crippen MR) is 88.1 cm³/mol. The second-order valence-electron chi connectivity index (χ2n) is 5.14. The highest BCUT2D eigenvalue weighted by molar-refractivity contribution is 7.07. The van der Waals surface area contributed by atoms with Gasteiger partial charge in [0.05, 0.1) is 6.10 Å². The quantitative estimate of drug-likeness (QED) is 0.732. The van der Waals surface area contributed by atoms with Crippen LogP contribution in [-0.4, -0.2) is 28.2 Å². The summed E-state index contributed by atoms with van der Waals surface area (Å²) in [6.45, 7) is 7.40. The van der Waals surface area contributed by atoms with Crippen LogP contribution in [0.5, 0.6) is 0 Å². The lowest BCUT2D eigenvalue weighted by atomic mass is 10.2. The Morgan fingerprint density at radius 1 is 1.24 bits per heavy atom. The first-order chi connectivity index (χ1) is 10.1. The Morgan fingerprint density at radius 2 is 1.95 bits per heavy atom. The highest BCUT2D eigenvalue weighted by atomic mass is 32.1. The van der Waals surface area contributed by atoms with Crippen LogP contribution < -0.4 is 10.6 Å². The van der Waals surface area contributed by atoms with Crippen molar-refractivity contribution in [2.75, 3.05) is 23.7 Å². The fraction of sp³-hybridized carbons (Fsp3) is 0.467. The molecule has 1 unspecified atom stereocenters. The first-order valence-corrected chi connectivity index (χ1v) is 8.11. The summed E-state index contributed by atoms with van der Waals surface area (Å²) in [7, 11) is 0. The maximum atomic E-state index is 10.1. The third-order valence-electron chi connectivity index (χ3n) is 3.02. The van der Waals surface area contributed by atoms with Crippen LogP contribution in [0.3, 0.4) is 0 Å². The van der Waals surface area contributed by atoms with Gasteiger partial charge in [-0.1, -0.05) is 13.8 Å². The number of hydrogen-bond donors (Lipinski definition) is 3. The summed E-state index contributed by atoms with van der Waals surface area (Å²) >= 11 is 1.58. The normalized spacial score (nSPS) is 12.4. The Bertz CT molecular complexity index is 557. The van der Waals surface area contributed by atoms with E-state index in [2.05, 4.69) is 34.4 Å². The van der Waals surface area contributed by atoms with E-state index in [0.29, 0.717) is 6.54 Å². The Hall–Kier alpha value is -1.66. The Labute approximate surface area is 129 Å². The van der Waals surface area contributed by atoms with E-state index in [1.54, 1.807) is 11.3 Å². The van der Waals surface area contributed by atoms with Gasteiger partial charge in [-0.25, -0.2) is 9.97 Å². The van der Waals surface area contributed by atoms with Crippen molar-refractivity contribution in [3.05, 3.63) is 34.3 Å². The van der Waals surface area contributed by atoms with E-state index in [9.17, 15) is 5.11 Å². The molecule has 2 aromatic rings. The largest absolute Gasteiger partial charge is 0.387 e. The van der Waals surface area contributed by atoms with Crippen LogP contribution in [0.15, 0.2) is 22.9 Å². The van der Waals surface area contributed by atoms with Gasteiger partial charge in [-0.05, 0) is 29.3 Å². The standard InChI is InChI=1S/C15H22N4OS/c1-4-16-13-7-14(19-15(18-13)10(2)3)17-8-12(20)11-5-6-21-9-11/h5-7,9-10,12,20H,4,8H2,1-3H3,(H2,16,17,18,19). The molecule has 0 saturated heterocycles. The molecule has 0 aromatic carbocycles. The number of aliphatic hydroxyl groups is 1. The van der Waals surface area contributed by atoms with E-state index in [1.807, 2.05) is 29.8 Å². The second kappa shape index (κ2) is 7.38. The molecule has 0 bridgehead atoms. The molecular formula is C15H22N4OS. The minimum Gasteiger partial charge on any atom is -0.387 e. The summed E-state index contributed by atoms with van der Waals surface area (Å²) in [6, 6.07) is 3.80. The molecule has 2 rings (SSSR count). The van der Waals surface area contributed by atoms with Gasteiger partial charge < -0.3 is 15.7 Å². The molecular weight excluding hydrogens is 284 g/mol. The SMILES string of the molecule is CCNc1cc(NCC(O)c2ccsc2)nc(C(C)C)n1. The first kappa shape index (κ1) is 15.7. The number of rotatable bonds is 7. The average Bonchev–Trinajstić information content (AvgIpc) is 2.99. The number of anilines is 2. The van der Waals surface area contributed by atoms with Crippen LogP contribution in [0.2, 0.25) is 0 Å². The molecule has 2 aromatic heterocycles. The average molecular weight is 306 g/mol. The van der Waals surface area contributed by atoms with Crippen molar-refractivity contribution in [2.45, 2.75) is 32.8 Å². The fourth-order valence-corrected chi connectivity index (χ4v) is 2.58. The van der Waals surface area contributed by atoms with E-state index in [1.165, 1.54) is 0 Å². The molecule has 3 N–H and O–H groups in total. The fourth-order valence-electron chi connectivity index (χ4n) is 1.87. The highest BCUT2D eigenvalue weighted by Crippen LogP contribution is 2.19. The van der Waals surface area contributed by atoms with Crippen molar-refractivity contribution in [3.63, 3.8) is 0 Å². The van der Waals surface area contributed by atoms with Crippen LogP contribution in [0.4, 0.5) is 11.6 Å². The van der Waals surface area contributed by atoms with Gasteiger partial charge in [0.25, 0.3) is 0 Å². The van der Waals surface area contributed by atoms with Crippen molar-refractivity contribution >= 4 is 23.0 Å². The zero-order chi connectivity index (χ0) is 15.2. The van der Waals surface area contributed by atoms with Crippen LogP contribution in [0.25, 0.3) is 0 Å². The van der Waals surface area contributed by atoms with Gasteiger partial charge in [0, 0.05) is 25.1 Å². The van der Waals surface area contributed by atoms with E-state index in [-0.39, 0.29) is 5.92 Å². The summed E-state index contributed by atoms with van der Waals surface area (Å²) in [5.74, 6) is 2.59. The predicted octanol–water partition coefficient (Wildman–Crippen LogP) is 3.24. The maximum absolute atomic E-state index is 10.1. The van der Waals surface area contributed by atoms with Crippen molar-refractivity contribution in [2.24, 2.45) is 0 Å². The monoisotopic (exact) mass is 306 g/mol. The molecule has 114 valence electrons. The molecule has 21 heavy (non-hydrogen) atoms. The Kier molecular flexibility index (Phi) is 5.52. The molecule has 2 heterocycles. The summed E-state index contributed by atoms with van der Waals surface area (Å²) in [5.41, 5.74) is 0.928. The van der Waals surface area contributed by atoms with Gasteiger partial charge in [0.1, 0.15) is 17.5 Å². The second-order valence-corrected chi connectivity index (χ2v) is 5.92. The smallest absolute Gasteiger partial charge is 0.135 e. The van der Waals surface area contributed by atoms with E-state index < -0.39 is 6.10 Å². The lowest BCUT2D eigenvalue weighted by Crippen LogP contribution is -2.14. The molecule has 1 atom stereocenters. The first-order valence-electron chi connectivity index (χ1n) is 7.17. The Morgan fingerprint density at radius 3 is 2.52 bits per heavy atom. The summed E-state index contributed by atoms with van der Waals surface area (Å²) in [4.78, 5) is 8.97. The van der Waals surface area contributed by atoms with E-state index in [4.69, 9.17) is 0 Å². The maximum Gasteiger partial charge on any atom is 0.135 e. The van der Waals surface area contributed by atoms with Gasteiger partial charge >= 0.3 is 0 Å². The van der Waals surface area contributed by atoms with Crippen molar-refractivity contribution in [3.8, 4) is 0 Å². The summed E-state index contributed by atoms with van der Waals surface area (Å²) < 4.78 is 0. The van der Waals surface area contributed by atoms with Gasteiger partial charge in [0.2, 0.25) is 0 Å². The van der Waals surface area contributed by atoms with Crippen LogP contribution in [0, 0.1) is 0 Å². The summed E-state index contributed by atoms with van der Waals surface area (Å²) in [6.07, 6.45) is -0.531. The molecule has 0 radical (unpaired) electrons. The summed E-state index contributed by atoms with van der Waals surface area (Å²) in [5, 5.41) is 20.4. The van der Waals surface area contributed by atoms with Gasteiger partial charge in [-0.3, -0.25) is 0 Å². The zero-order valence-corrected chi connectivity index (χ0v) is 13.4. The highest BCUT2D eigenvalue weighted by Gasteiger charge is 2.11. The number of thiophene rings is 1. The van der Waals surface area contributed by atoms with Crippen molar-refractivity contribution in [1.82, 2.24) is 9.97 Å². The van der Waals surface area contributed by atoms with Crippen molar-refractivity contribution < 1.29 is 5.11 Å². The van der Waals surface area contributed by atoms with Crippen LogP contribution in [0.1, 0.15) is 44.2 Å².